The van der Waals surface area contributed by atoms with Crippen molar-refractivity contribution in [1.82, 2.24) is 4.90 Å². The van der Waals surface area contributed by atoms with E-state index in [0.717, 1.165) is 25.7 Å². The van der Waals surface area contributed by atoms with Gasteiger partial charge in [0.2, 0.25) is 17.7 Å². The number of amides is 3. The molecule has 1 N–H and O–H groups in total. The van der Waals surface area contributed by atoms with E-state index in [9.17, 15) is 14.4 Å². The summed E-state index contributed by atoms with van der Waals surface area (Å²) in [7, 11) is 1.54. The third kappa shape index (κ3) is 3.13. The number of rotatable bonds is 5. The standard InChI is InChI=1S/C18H22N2O4/c1-24-15-9-5-4-8-14(15)19-16(21)10-11-20-17(22)12-6-2-3-7-13(12)18(20)23/h4-5,8-9,12-13H,2-3,6-7,10-11H2,1H3,(H,19,21)/t12-,13+. The molecule has 1 saturated carbocycles. The Bertz CT molecular complexity index is 634. The molecule has 0 unspecified atom stereocenters. The lowest BCUT2D eigenvalue weighted by atomic mass is 9.81. The van der Waals surface area contributed by atoms with Gasteiger partial charge in [-0.3, -0.25) is 19.3 Å². The minimum atomic E-state index is -0.241. The van der Waals surface area contributed by atoms with Crippen LogP contribution in [0.4, 0.5) is 5.69 Å². The van der Waals surface area contributed by atoms with Crippen molar-refractivity contribution < 1.29 is 19.1 Å². The number of methoxy groups -OCH3 is 1. The van der Waals surface area contributed by atoms with Crippen molar-refractivity contribution in [2.24, 2.45) is 11.8 Å². The highest BCUT2D eigenvalue weighted by Gasteiger charge is 2.47. The number of imide groups is 1. The Morgan fingerprint density at radius 1 is 1.17 bits per heavy atom. The van der Waals surface area contributed by atoms with Crippen LogP contribution in [0.25, 0.3) is 0 Å². The van der Waals surface area contributed by atoms with Crippen LogP contribution in [0.3, 0.4) is 0 Å². The number of carbonyl (C=O) groups excluding carboxylic acids is 3. The summed E-state index contributed by atoms with van der Waals surface area (Å²) >= 11 is 0. The quantitative estimate of drug-likeness (QED) is 0.840. The van der Waals surface area contributed by atoms with Gasteiger partial charge >= 0.3 is 0 Å². The number of anilines is 1. The predicted molar refractivity (Wildman–Crippen MR) is 88.4 cm³/mol. The highest BCUT2D eigenvalue weighted by atomic mass is 16.5. The van der Waals surface area contributed by atoms with E-state index >= 15 is 0 Å². The summed E-state index contributed by atoms with van der Waals surface area (Å²) < 4.78 is 5.19. The number of likely N-dealkylation sites (tertiary alicyclic amines) is 1. The van der Waals surface area contributed by atoms with Gasteiger partial charge in [-0.05, 0) is 25.0 Å². The van der Waals surface area contributed by atoms with E-state index in [4.69, 9.17) is 4.74 Å². The van der Waals surface area contributed by atoms with Gasteiger partial charge < -0.3 is 10.1 Å². The van der Waals surface area contributed by atoms with Crippen LogP contribution in [-0.4, -0.2) is 36.3 Å². The van der Waals surface area contributed by atoms with Crippen molar-refractivity contribution >= 4 is 23.4 Å². The third-order valence-electron chi connectivity index (χ3n) is 4.88. The average Bonchev–Trinajstić information content (AvgIpc) is 2.85. The summed E-state index contributed by atoms with van der Waals surface area (Å²) in [4.78, 5) is 38.2. The lowest BCUT2D eigenvalue weighted by molar-refractivity contribution is -0.140. The van der Waals surface area contributed by atoms with Gasteiger partial charge in [-0.25, -0.2) is 0 Å². The molecule has 3 rings (SSSR count). The number of nitrogens with zero attached hydrogens (tertiary/aromatic N) is 1. The number of fused-ring (bicyclic) bond motifs is 1. The maximum absolute atomic E-state index is 12.4. The molecule has 6 heteroatoms. The number of carbonyl (C=O) groups is 3. The Morgan fingerprint density at radius 2 is 1.79 bits per heavy atom. The van der Waals surface area contributed by atoms with Crippen molar-refractivity contribution in [1.29, 1.82) is 0 Å². The summed E-state index contributed by atoms with van der Waals surface area (Å²) in [5, 5.41) is 2.76. The molecule has 1 heterocycles. The summed E-state index contributed by atoms with van der Waals surface area (Å²) in [6, 6.07) is 7.12. The Labute approximate surface area is 141 Å². The number of hydrogen-bond acceptors (Lipinski definition) is 4. The van der Waals surface area contributed by atoms with Crippen molar-refractivity contribution in [3.05, 3.63) is 24.3 Å². The van der Waals surface area contributed by atoms with Crippen LogP contribution in [-0.2, 0) is 14.4 Å². The second-order valence-electron chi connectivity index (χ2n) is 6.32. The second kappa shape index (κ2) is 7.03. The molecule has 1 aliphatic heterocycles. The van der Waals surface area contributed by atoms with Gasteiger partial charge in [0.25, 0.3) is 0 Å². The van der Waals surface area contributed by atoms with Crippen LogP contribution in [0.2, 0.25) is 0 Å². The minimum Gasteiger partial charge on any atom is -0.495 e. The summed E-state index contributed by atoms with van der Waals surface area (Å²) in [5.41, 5.74) is 0.581. The zero-order valence-electron chi connectivity index (χ0n) is 13.8. The van der Waals surface area contributed by atoms with Crippen molar-refractivity contribution in [2.75, 3.05) is 19.0 Å². The van der Waals surface area contributed by atoms with Gasteiger partial charge in [-0.2, -0.15) is 0 Å². The van der Waals surface area contributed by atoms with Crippen LogP contribution < -0.4 is 10.1 Å². The molecule has 3 amide bonds. The Kier molecular flexibility index (Phi) is 4.83. The topological polar surface area (TPSA) is 75.7 Å². The summed E-state index contributed by atoms with van der Waals surface area (Å²) in [6.07, 6.45) is 3.68. The SMILES string of the molecule is COc1ccccc1NC(=O)CCN1C(=O)[C@H]2CCCC[C@H]2C1=O. The molecule has 0 aromatic heterocycles. The Morgan fingerprint density at radius 3 is 2.42 bits per heavy atom. The number of benzene rings is 1. The second-order valence-corrected chi connectivity index (χ2v) is 6.32. The van der Waals surface area contributed by atoms with Gasteiger partial charge in [0, 0.05) is 13.0 Å². The smallest absolute Gasteiger partial charge is 0.233 e. The van der Waals surface area contributed by atoms with Crippen LogP contribution in [0.15, 0.2) is 24.3 Å². The van der Waals surface area contributed by atoms with Gasteiger partial charge in [0.15, 0.2) is 0 Å². The lowest BCUT2D eigenvalue weighted by Gasteiger charge is -2.19. The highest BCUT2D eigenvalue weighted by Crippen LogP contribution is 2.38. The van der Waals surface area contributed by atoms with Gasteiger partial charge in [-0.1, -0.05) is 25.0 Å². The molecule has 6 nitrogen and oxygen atoms in total. The highest BCUT2D eigenvalue weighted by molar-refractivity contribution is 6.05. The number of hydrogen-bond donors (Lipinski definition) is 1. The average molecular weight is 330 g/mol. The fourth-order valence-corrected chi connectivity index (χ4v) is 3.63. The fourth-order valence-electron chi connectivity index (χ4n) is 3.63. The number of para-hydroxylation sites is 2. The van der Waals surface area contributed by atoms with Crippen LogP contribution in [0.5, 0.6) is 5.75 Å². The first kappa shape index (κ1) is 16.5. The Hall–Kier alpha value is -2.37. The van der Waals surface area contributed by atoms with Gasteiger partial charge in [0.05, 0.1) is 24.6 Å². The monoisotopic (exact) mass is 330 g/mol. The molecule has 1 aromatic rings. The largest absolute Gasteiger partial charge is 0.495 e. The minimum absolute atomic E-state index is 0.0922. The first-order chi connectivity index (χ1) is 11.6. The molecular weight excluding hydrogens is 308 g/mol. The first-order valence-electron chi connectivity index (χ1n) is 8.40. The maximum Gasteiger partial charge on any atom is 0.233 e. The molecule has 0 radical (unpaired) electrons. The molecule has 1 aromatic carbocycles. The zero-order chi connectivity index (χ0) is 17.1. The van der Waals surface area contributed by atoms with Crippen LogP contribution in [0, 0.1) is 11.8 Å². The van der Waals surface area contributed by atoms with Gasteiger partial charge in [0.1, 0.15) is 5.75 Å². The predicted octanol–water partition coefficient (Wildman–Crippen LogP) is 2.20. The molecule has 1 aliphatic carbocycles. The lowest BCUT2D eigenvalue weighted by Crippen LogP contribution is -2.34. The maximum atomic E-state index is 12.4. The van der Waals surface area contributed by atoms with E-state index in [0.29, 0.717) is 11.4 Å². The molecular formula is C18H22N2O4. The normalized spacial score (nSPS) is 23.1. The van der Waals surface area contributed by atoms with E-state index in [-0.39, 0.29) is 42.5 Å². The van der Waals surface area contributed by atoms with E-state index in [2.05, 4.69) is 5.32 Å². The van der Waals surface area contributed by atoms with Crippen LogP contribution in [0.1, 0.15) is 32.1 Å². The first-order valence-corrected chi connectivity index (χ1v) is 8.40. The van der Waals surface area contributed by atoms with Crippen LogP contribution >= 0.6 is 0 Å². The van der Waals surface area contributed by atoms with Crippen molar-refractivity contribution in [3.63, 3.8) is 0 Å². The molecule has 0 spiro atoms. The van der Waals surface area contributed by atoms with E-state index in [1.165, 1.54) is 12.0 Å². The molecule has 128 valence electrons. The zero-order valence-corrected chi connectivity index (χ0v) is 13.8. The van der Waals surface area contributed by atoms with E-state index in [1.54, 1.807) is 18.2 Å². The fraction of sp³-hybridized carbons (Fsp3) is 0.500. The summed E-state index contributed by atoms with van der Waals surface area (Å²) in [5.74, 6) is -0.197. The molecule has 0 bridgehead atoms. The van der Waals surface area contributed by atoms with E-state index < -0.39 is 0 Å². The number of nitrogens with one attached hydrogen (secondary N) is 1. The van der Waals surface area contributed by atoms with Crippen molar-refractivity contribution in [2.45, 2.75) is 32.1 Å². The van der Waals surface area contributed by atoms with Gasteiger partial charge in [-0.15, -0.1) is 0 Å². The van der Waals surface area contributed by atoms with Crippen molar-refractivity contribution in [3.8, 4) is 5.75 Å². The molecule has 2 atom stereocenters. The molecule has 2 fully saturated rings. The summed E-state index contributed by atoms with van der Waals surface area (Å²) in [6.45, 7) is 0.144. The molecule has 24 heavy (non-hydrogen) atoms. The van der Waals surface area contributed by atoms with E-state index in [1.807, 2.05) is 6.07 Å². The third-order valence-corrected chi connectivity index (χ3v) is 4.88. The molecule has 1 saturated heterocycles. The molecule has 2 aliphatic rings. The Balaban J connectivity index is 1.58. The number of ether oxygens (including phenoxy) is 1.